The first-order chi connectivity index (χ1) is 9.45. The van der Waals surface area contributed by atoms with E-state index in [1.54, 1.807) is 6.92 Å². The summed E-state index contributed by atoms with van der Waals surface area (Å²) in [6.45, 7) is 3.57. The van der Waals surface area contributed by atoms with Gasteiger partial charge in [-0.15, -0.1) is 0 Å². The number of aryl methyl sites for hydroxylation is 2. The molecular weight excluding hydrogens is 259 g/mol. The summed E-state index contributed by atoms with van der Waals surface area (Å²) in [5, 5.41) is 0. The van der Waals surface area contributed by atoms with E-state index in [-0.39, 0.29) is 11.4 Å². The van der Waals surface area contributed by atoms with Crippen molar-refractivity contribution >= 4 is 5.91 Å². The lowest BCUT2D eigenvalue weighted by Gasteiger charge is -2.11. The van der Waals surface area contributed by atoms with Crippen LogP contribution in [0.5, 0.6) is 0 Å². The number of pyridine rings is 1. The Kier molecular flexibility index (Phi) is 3.70. The molecule has 4 nitrogen and oxygen atoms in total. The predicted molar refractivity (Wildman–Crippen MR) is 75.1 cm³/mol. The highest BCUT2D eigenvalue weighted by atomic mass is 19.1. The van der Waals surface area contributed by atoms with Crippen molar-refractivity contribution in [1.29, 1.82) is 0 Å². The Morgan fingerprint density at radius 3 is 2.40 bits per heavy atom. The van der Waals surface area contributed by atoms with Crippen molar-refractivity contribution < 1.29 is 9.18 Å². The number of aromatic nitrogens is 1. The number of benzene rings is 1. The second-order valence-corrected chi connectivity index (χ2v) is 4.53. The number of carbonyl (C=O) groups is 1. The minimum atomic E-state index is -0.758. The van der Waals surface area contributed by atoms with E-state index in [2.05, 4.69) is 4.98 Å². The third-order valence-corrected chi connectivity index (χ3v) is 3.20. The molecule has 20 heavy (non-hydrogen) atoms. The van der Waals surface area contributed by atoms with Crippen LogP contribution < -0.4 is 11.2 Å². The maximum Gasteiger partial charge on any atom is 0.254 e. The van der Waals surface area contributed by atoms with Crippen LogP contribution in [0.1, 0.15) is 28.7 Å². The van der Waals surface area contributed by atoms with Crippen molar-refractivity contribution in [2.24, 2.45) is 5.73 Å². The highest BCUT2D eigenvalue weighted by molar-refractivity contribution is 5.95. The normalized spacial score (nSPS) is 10.6. The number of H-pyrrole nitrogens is 1. The molecule has 0 bridgehead atoms. The molecule has 0 aliphatic rings. The van der Waals surface area contributed by atoms with Crippen LogP contribution in [0.15, 0.2) is 29.1 Å². The Morgan fingerprint density at radius 1 is 1.30 bits per heavy atom. The Balaban J connectivity index is 2.77. The second kappa shape index (κ2) is 5.28. The van der Waals surface area contributed by atoms with Gasteiger partial charge in [0.05, 0.1) is 0 Å². The molecule has 2 rings (SSSR count). The molecule has 0 radical (unpaired) electrons. The molecular formula is C15H15FN2O2. The van der Waals surface area contributed by atoms with Crippen LogP contribution in [0.25, 0.3) is 11.1 Å². The number of hydrogen-bond donors (Lipinski definition) is 2. The Morgan fingerprint density at radius 2 is 1.90 bits per heavy atom. The van der Waals surface area contributed by atoms with E-state index in [4.69, 9.17) is 5.73 Å². The number of halogens is 1. The van der Waals surface area contributed by atoms with Crippen LogP contribution in [-0.4, -0.2) is 10.9 Å². The maximum atomic E-state index is 13.0. The number of aromatic amines is 1. The molecule has 0 unspecified atom stereocenters. The fourth-order valence-electron chi connectivity index (χ4n) is 2.27. The van der Waals surface area contributed by atoms with Gasteiger partial charge in [-0.3, -0.25) is 9.59 Å². The Hall–Kier alpha value is -2.43. The molecule has 3 N–H and O–H groups in total. The van der Waals surface area contributed by atoms with Gasteiger partial charge in [-0.25, -0.2) is 4.39 Å². The van der Waals surface area contributed by atoms with E-state index in [9.17, 15) is 14.0 Å². The van der Waals surface area contributed by atoms with Crippen LogP contribution in [-0.2, 0) is 6.42 Å². The molecule has 0 spiro atoms. The number of rotatable bonds is 3. The van der Waals surface area contributed by atoms with Crippen molar-refractivity contribution in [2.75, 3.05) is 0 Å². The van der Waals surface area contributed by atoms with Gasteiger partial charge in [0, 0.05) is 17.0 Å². The van der Waals surface area contributed by atoms with E-state index >= 15 is 0 Å². The smallest absolute Gasteiger partial charge is 0.254 e. The van der Waals surface area contributed by atoms with Crippen molar-refractivity contribution in [3.63, 3.8) is 0 Å². The predicted octanol–water partition coefficient (Wildman–Crippen LogP) is 2.15. The van der Waals surface area contributed by atoms with Gasteiger partial charge in [-0.1, -0.05) is 19.1 Å². The van der Waals surface area contributed by atoms with Crippen LogP contribution in [0.2, 0.25) is 0 Å². The standard InChI is InChI=1S/C15H15FN2O2/c1-3-11-13(15(17)20)14(19)12(8(2)18-11)9-4-6-10(16)7-5-9/h4-7H,3H2,1-2H3,(H2,17,20)(H,18,19). The number of amides is 1. The van der Waals surface area contributed by atoms with Crippen molar-refractivity contribution in [3.05, 3.63) is 57.3 Å². The molecule has 2 aromatic rings. The monoisotopic (exact) mass is 274 g/mol. The topological polar surface area (TPSA) is 75.9 Å². The van der Waals surface area contributed by atoms with Gasteiger partial charge in [0.1, 0.15) is 11.4 Å². The molecule has 104 valence electrons. The van der Waals surface area contributed by atoms with E-state index in [1.807, 2.05) is 6.92 Å². The summed E-state index contributed by atoms with van der Waals surface area (Å²) in [4.78, 5) is 27.0. The van der Waals surface area contributed by atoms with Crippen molar-refractivity contribution in [1.82, 2.24) is 4.98 Å². The average Bonchev–Trinajstić information content (AvgIpc) is 2.39. The third-order valence-electron chi connectivity index (χ3n) is 3.20. The molecule has 5 heteroatoms. The summed E-state index contributed by atoms with van der Waals surface area (Å²) in [7, 11) is 0. The van der Waals surface area contributed by atoms with E-state index in [0.29, 0.717) is 28.9 Å². The number of nitrogens with two attached hydrogens (primary N) is 1. The molecule has 0 fully saturated rings. The minimum Gasteiger partial charge on any atom is -0.365 e. The summed E-state index contributed by atoms with van der Waals surface area (Å²) >= 11 is 0. The first-order valence-corrected chi connectivity index (χ1v) is 6.27. The number of hydrogen-bond acceptors (Lipinski definition) is 2. The first-order valence-electron chi connectivity index (χ1n) is 6.27. The van der Waals surface area contributed by atoms with Crippen LogP contribution in [0, 0.1) is 12.7 Å². The quantitative estimate of drug-likeness (QED) is 0.899. The van der Waals surface area contributed by atoms with Crippen LogP contribution in [0.4, 0.5) is 4.39 Å². The lowest BCUT2D eigenvalue weighted by molar-refractivity contribution is 0.0998. The zero-order valence-corrected chi connectivity index (χ0v) is 11.3. The molecule has 1 heterocycles. The van der Waals surface area contributed by atoms with Crippen molar-refractivity contribution in [2.45, 2.75) is 20.3 Å². The SMILES string of the molecule is CCc1[nH]c(C)c(-c2ccc(F)cc2)c(=O)c1C(N)=O. The Bertz CT molecular complexity index is 718. The van der Waals surface area contributed by atoms with Crippen molar-refractivity contribution in [3.8, 4) is 11.1 Å². The first kappa shape index (κ1) is 14.0. The fourth-order valence-corrected chi connectivity index (χ4v) is 2.27. The lowest BCUT2D eigenvalue weighted by atomic mass is 9.99. The maximum absolute atomic E-state index is 13.0. The highest BCUT2D eigenvalue weighted by Gasteiger charge is 2.18. The lowest BCUT2D eigenvalue weighted by Crippen LogP contribution is -2.27. The highest BCUT2D eigenvalue weighted by Crippen LogP contribution is 2.20. The summed E-state index contributed by atoms with van der Waals surface area (Å²) in [6, 6.07) is 5.55. The molecule has 1 amide bonds. The second-order valence-electron chi connectivity index (χ2n) is 4.53. The van der Waals surface area contributed by atoms with E-state index in [0.717, 1.165) is 0 Å². The van der Waals surface area contributed by atoms with Gasteiger partial charge in [-0.2, -0.15) is 0 Å². The number of carbonyl (C=O) groups excluding carboxylic acids is 1. The van der Waals surface area contributed by atoms with Gasteiger partial charge in [0.2, 0.25) is 5.43 Å². The Labute approximate surface area is 115 Å². The molecule has 0 saturated carbocycles. The van der Waals surface area contributed by atoms with Gasteiger partial charge in [0.15, 0.2) is 0 Å². The molecule has 0 atom stereocenters. The third kappa shape index (κ3) is 2.34. The number of primary amides is 1. The van der Waals surface area contributed by atoms with E-state index in [1.165, 1.54) is 24.3 Å². The largest absolute Gasteiger partial charge is 0.365 e. The fraction of sp³-hybridized carbons (Fsp3) is 0.200. The van der Waals surface area contributed by atoms with Gasteiger partial charge in [0.25, 0.3) is 5.91 Å². The molecule has 1 aromatic heterocycles. The van der Waals surface area contributed by atoms with Gasteiger partial charge in [-0.05, 0) is 31.0 Å². The van der Waals surface area contributed by atoms with E-state index < -0.39 is 11.3 Å². The molecule has 0 aliphatic carbocycles. The van der Waals surface area contributed by atoms with Gasteiger partial charge < -0.3 is 10.7 Å². The van der Waals surface area contributed by atoms with Crippen LogP contribution in [0.3, 0.4) is 0 Å². The minimum absolute atomic E-state index is 0.0302. The summed E-state index contributed by atoms with van der Waals surface area (Å²) in [6.07, 6.45) is 0.498. The number of nitrogens with one attached hydrogen (secondary N) is 1. The van der Waals surface area contributed by atoms with Gasteiger partial charge >= 0.3 is 0 Å². The summed E-state index contributed by atoms with van der Waals surface area (Å²) in [5.74, 6) is -1.14. The van der Waals surface area contributed by atoms with Crippen LogP contribution >= 0.6 is 0 Å². The molecule has 1 aromatic carbocycles. The average molecular weight is 274 g/mol. The molecule has 0 aliphatic heterocycles. The summed E-state index contributed by atoms with van der Waals surface area (Å²) < 4.78 is 13.0. The molecule has 0 saturated heterocycles. The summed E-state index contributed by atoms with van der Waals surface area (Å²) in [5.41, 5.74) is 6.89. The zero-order chi connectivity index (χ0) is 14.9. The zero-order valence-electron chi connectivity index (χ0n) is 11.3.